The Labute approximate surface area is 122 Å². The fourth-order valence-corrected chi connectivity index (χ4v) is 2.67. The van der Waals surface area contributed by atoms with Crippen molar-refractivity contribution in [3.63, 3.8) is 0 Å². The molecule has 0 saturated carbocycles. The Hall–Kier alpha value is -1.85. The molecule has 0 radical (unpaired) electrons. The average molecular weight is 291 g/mol. The smallest absolute Gasteiger partial charge is 0.241 e. The number of rotatable bonds is 3. The highest BCUT2D eigenvalue weighted by atomic mass is 35.5. The number of hydrogen-bond acceptors (Lipinski definition) is 3. The number of amides is 1. The molecule has 20 heavy (non-hydrogen) atoms. The molecule has 1 aliphatic heterocycles. The SMILES string of the molecule is O=C(Nc1cccc(Cl)c1-n1ccnc1)C1CCCN1. The number of aromatic nitrogens is 2. The van der Waals surface area contributed by atoms with Crippen molar-refractivity contribution in [2.24, 2.45) is 0 Å². The van der Waals surface area contributed by atoms with Gasteiger partial charge in [0.05, 0.1) is 28.8 Å². The normalized spacial score (nSPS) is 18.1. The molecule has 0 aliphatic carbocycles. The summed E-state index contributed by atoms with van der Waals surface area (Å²) >= 11 is 6.25. The van der Waals surface area contributed by atoms with Gasteiger partial charge in [0.2, 0.25) is 5.91 Å². The Bertz CT molecular complexity index is 606. The number of benzene rings is 1. The summed E-state index contributed by atoms with van der Waals surface area (Å²) in [5.74, 6) is -0.0221. The lowest BCUT2D eigenvalue weighted by Crippen LogP contribution is -2.35. The monoisotopic (exact) mass is 290 g/mol. The van der Waals surface area contributed by atoms with Gasteiger partial charge >= 0.3 is 0 Å². The number of anilines is 1. The van der Waals surface area contributed by atoms with Gasteiger partial charge in [0.15, 0.2) is 0 Å². The average Bonchev–Trinajstić information content (AvgIpc) is 3.12. The second-order valence-electron chi connectivity index (χ2n) is 4.74. The van der Waals surface area contributed by atoms with Gasteiger partial charge in [0.25, 0.3) is 0 Å². The molecule has 1 aromatic carbocycles. The fourth-order valence-electron chi connectivity index (χ4n) is 2.40. The standard InChI is InChI=1S/C14H15ClN4O/c15-10-3-1-4-11(13(10)19-8-7-16-9-19)18-14(20)12-5-2-6-17-12/h1,3-4,7-9,12,17H,2,5-6H2,(H,18,20). The third-order valence-electron chi connectivity index (χ3n) is 3.38. The topological polar surface area (TPSA) is 59.0 Å². The van der Waals surface area contributed by atoms with Crippen LogP contribution in [0.25, 0.3) is 5.69 Å². The summed E-state index contributed by atoms with van der Waals surface area (Å²) in [6.07, 6.45) is 7.03. The van der Waals surface area contributed by atoms with Crippen LogP contribution in [0.3, 0.4) is 0 Å². The highest BCUT2D eigenvalue weighted by Crippen LogP contribution is 2.28. The maximum Gasteiger partial charge on any atom is 0.241 e. The number of nitrogens with zero attached hydrogens (tertiary/aromatic N) is 2. The predicted molar refractivity (Wildman–Crippen MR) is 78.2 cm³/mol. The summed E-state index contributed by atoms with van der Waals surface area (Å²) in [6.45, 7) is 0.891. The van der Waals surface area contributed by atoms with E-state index in [2.05, 4.69) is 15.6 Å². The lowest BCUT2D eigenvalue weighted by molar-refractivity contribution is -0.117. The van der Waals surface area contributed by atoms with E-state index >= 15 is 0 Å². The summed E-state index contributed by atoms with van der Waals surface area (Å²) in [6, 6.07) is 5.33. The van der Waals surface area contributed by atoms with Gasteiger partial charge in [-0.3, -0.25) is 4.79 Å². The summed E-state index contributed by atoms with van der Waals surface area (Å²) in [7, 11) is 0. The third kappa shape index (κ3) is 2.55. The molecule has 1 amide bonds. The maximum absolute atomic E-state index is 12.2. The zero-order valence-electron chi connectivity index (χ0n) is 10.8. The van der Waals surface area contributed by atoms with Crippen LogP contribution in [0.1, 0.15) is 12.8 Å². The molecule has 104 valence electrons. The van der Waals surface area contributed by atoms with Crippen LogP contribution < -0.4 is 10.6 Å². The third-order valence-corrected chi connectivity index (χ3v) is 3.69. The molecule has 2 heterocycles. The molecule has 1 aliphatic rings. The number of imidazole rings is 1. The van der Waals surface area contributed by atoms with E-state index in [1.165, 1.54) is 0 Å². The highest BCUT2D eigenvalue weighted by molar-refractivity contribution is 6.33. The first-order valence-corrected chi connectivity index (χ1v) is 6.94. The molecule has 3 rings (SSSR count). The molecule has 1 saturated heterocycles. The van der Waals surface area contributed by atoms with E-state index in [0.717, 1.165) is 25.1 Å². The van der Waals surface area contributed by atoms with Gasteiger partial charge in [-0.2, -0.15) is 0 Å². The lowest BCUT2D eigenvalue weighted by Gasteiger charge is -2.15. The number of halogens is 1. The van der Waals surface area contributed by atoms with Crippen LogP contribution in [0.15, 0.2) is 36.9 Å². The van der Waals surface area contributed by atoms with Crippen molar-refractivity contribution in [1.29, 1.82) is 0 Å². The molecular weight excluding hydrogens is 276 g/mol. The van der Waals surface area contributed by atoms with Crippen LogP contribution in [0.2, 0.25) is 5.02 Å². The molecule has 6 heteroatoms. The van der Waals surface area contributed by atoms with Crippen molar-refractivity contribution in [3.05, 3.63) is 41.9 Å². The predicted octanol–water partition coefficient (Wildman–Crippen LogP) is 2.22. The minimum atomic E-state index is -0.121. The zero-order valence-corrected chi connectivity index (χ0v) is 11.6. The Morgan fingerprint density at radius 2 is 2.40 bits per heavy atom. The van der Waals surface area contributed by atoms with E-state index in [9.17, 15) is 4.79 Å². The molecule has 1 fully saturated rings. The largest absolute Gasteiger partial charge is 0.323 e. The Balaban J connectivity index is 1.89. The van der Waals surface area contributed by atoms with Crippen LogP contribution in [0.4, 0.5) is 5.69 Å². The first kappa shape index (κ1) is 13.1. The number of hydrogen-bond donors (Lipinski definition) is 2. The second-order valence-corrected chi connectivity index (χ2v) is 5.15. The molecule has 0 spiro atoms. The van der Waals surface area contributed by atoms with Gasteiger partial charge in [-0.1, -0.05) is 17.7 Å². The van der Waals surface area contributed by atoms with Crippen molar-refractivity contribution in [3.8, 4) is 5.69 Å². The number of carbonyl (C=O) groups excluding carboxylic acids is 1. The van der Waals surface area contributed by atoms with Crippen LogP contribution in [0, 0.1) is 0 Å². The van der Waals surface area contributed by atoms with Gasteiger partial charge in [0.1, 0.15) is 0 Å². The van der Waals surface area contributed by atoms with Crippen LogP contribution in [-0.2, 0) is 4.79 Å². The van der Waals surface area contributed by atoms with E-state index in [-0.39, 0.29) is 11.9 Å². The molecule has 2 N–H and O–H groups in total. The van der Waals surface area contributed by atoms with Crippen molar-refractivity contribution in [2.75, 3.05) is 11.9 Å². The van der Waals surface area contributed by atoms with Crippen LogP contribution in [0.5, 0.6) is 0 Å². The highest BCUT2D eigenvalue weighted by Gasteiger charge is 2.23. The number of carbonyl (C=O) groups is 1. The Kier molecular flexibility index (Phi) is 3.71. The summed E-state index contributed by atoms with van der Waals surface area (Å²) < 4.78 is 1.79. The summed E-state index contributed by atoms with van der Waals surface area (Å²) in [5, 5.41) is 6.70. The Morgan fingerprint density at radius 1 is 1.50 bits per heavy atom. The van der Waals surface area contributed by atoms with Crippen LogP contribution >= 0.6 is 11.6 Å². The number of nitrogens with one attached hydrogen (secondary N) is 2. The van der Waals surface area contributed by atoms with Crippen LogP contribution in [-0.4, -0.2) is 28.0 Å². The fraction of sp³-hybridized carbons (Fsp3) is 0.286. The minimum Gasteiger partial charge on any atom is -0.323 e. The van der Waals surface area contributed by atoms with E-state index in [1.807, 2.05) is 12.1 Å². The minimum absolute atomic E-state index is 0.0221. The van der Waals surface area contributed by atoms with Gasteiger partial charge in [-0.15, -0.1) is 0 Å². The molecule has 1 aromatic heterocycles. The second kappa shape index (κ2) is 5.64. The molecule has 0 bridgehead atoms. The maximum atomic E-state index is 12.2. The van der Waals surface area contributed by atoms with E-state index in [1.54, 1.807) is 29.4 Å². The van der Waals surface area contributed by atoms with Gasteiger partial charge in [0, 0.05) is 12.4 Å². The van der Waals surface area contributed by atoms with Crippen molar-refractivity contribution < 1.29 is 4.79 Å². The van der Waals surface area contributed by atoms with E-state index < -0.39 is 0 Å². The van der Waals surface area contributed by atoms with Gasteiger partial charge < -0.3 is 15.2 Å². The van der Waals surface area contributed by atoms with Crippen molar-refractivity contribution >= 4 is 23.2 Å². The quantitative estimate of drug-likeness (QED) is 0.911. The first-order chi connectivity index (χ1) is 9.75. The lowest BCUT2D eigenvalue weighted by atomic mass is 10.2. The van der Waals surface area contributed by atoms with Gasteiger partial charge in [-0.25, -0.2) is 4.98 Å². The first-order valence-electron chi connectivity index (χ1n) is 6.57. The Morgan fingerprint density at radius 3 is 3.10 bits per heavy atom. The molecule has 2 aromatic rings. The van der Waals surface area contributed by atoms with Crippen molar-refractivity contribution in [2.45, 2.75) is 18.9 Å². The van der Waals surface area contributed by atoms with Crippen molar-refractivity contribution in [1.82, 2.24) is 14.9 Å². The molecular formula is C14H15ClN4O. The molecule has 1 atom stereocenters. The summed E-state index contributed by atoms with van der Waals surface area (Å²) in [5.41, 5.74) is 1.42. The summed E-state index contributed by atoms with van der Waals surface area (Å²) in [4.78, 5) is 16.2. The number of para-hydroxylation sites is 1. The molecule has 1 unspecified atom stereocenters. The molecule has 5 nitrogen and oxygen atoms in total. The van der Waals surface area contributed by atoms with E-state index in [0.29, 0.717) is 10.7 Å². The van der Waals surface area contributed by atoms with Gasteiger partial charge in [-0.05, 0) is 31.5 Å². The zero-order chi connectivity index (χ0) is 13.9. The van der Waals surface area contributed by atoms with E-state index in [4.69, 9.17) is 11.6 Å².